The molecule has 1 atom stereocenters. The number of fused-ring (bicyclic) bond motifs is 1. The van der Waals surface area contributed by atoms with Crippen LogP contribution in [0.2, 0.25) is 0 Å². The zero-order chi connectivity index (χ0) is 22.0. The number of hydrogen-bond acceptors (Lipinski definition) is 6. The molecule has 0 radical (unpaired) electrons. The standard InChI is InChI=1S/C23H33N3O5/c1-23(2,3)31-22(28)26-8-4-5-18(15-26)21(27)25-11-9-24(10-12-25)14-17-6-7-19-20(13-17)30-16-29-19/h6-7,13,18H,4-5,8-12,14-16H2,1-3H3/t18-/m1/s1. The summed E-state index contributed by atoms with van der Waals surface area (Å²) in [4.78, 5) is 31.5. The van der Waals surface area contributed by atoms with Crippen molar-refractivity contribution in [2.75, 3.05) is 46.1 Å². The number of amides is 2. The maximum Gasteiger partial charge on any atom is 0.410 e. The van der Waals surface area contributed by atoms with Crippen molar-refractivity contribution in [1.29, 1.82) is 0 Å². The number of hydrogen-bond donors (Lipinski definition) is 0. The highest BCUT2D eigenvalue weighted by atomic mass is 16.7. The Morgan fingerprint density at radius 1 is 1.03 bits per heavy atom. The molecule has 0 unspecified atom stereocenters. The smallest absolute Gasteiger partial charge is 0.410 e. The fourth-order valence-electron chi connectivity index (χ4n) is 4.35. The normalized spacial score (nSPS) is 21.8. The van der Waals surface area contributed by atoms with Crippen LogP contribution in [0.5, 0.6) is 11.5 Å². The lowest BCUT2D eigenvalue weighted by atomic mass is 9.96. The fourth-order valence-corrected chi connectivity index (χ4v) is 4.35. The van der Waals surface area contributed by atoms with E-state index < -0.39 is 5.60 Å². The summed E-state index contributed by atoms with van der Waals surface area (Å²) in [5, 5.41) is 0. The Morgan fingerprint density at radius 3 is 2.52 bits per heavy atom. The van der Waals surface area contributed by atoms with Gasteiger partial charge in [-0.15, -0.1) is 0 Å². The maximum absolute atomic E-state index is 13.1. The molecule has 2 fully saturated rings. The topological polar surface area (TPSA) is 71.6 Å². The number of carbonyl (C=O) groups excluding carboxylic acids is 2. The Bertz CT molecular complexity index is 814. The van der Waals surface area contributed by atoms with Gasteiger partial charge in [-0.3, -0.25) is 9.69 Å². The highest BCUT2D eigenvalue weighted by Crippen LogP contribution is 2.33. The molecule has 3 heterocycles. The second kappa shape index (κ2) is 8.94. The van der Waals surface area contributed by atoms with Crippen LogP contribution in [0.15, 0.2) is 18.2 Å². The molecule has 2 saturated heterocycles. The summed E-state index contributed by atoms with van der Waals surface area (Å²) in [6.45, 7) is 10.9. The van der Waals surface area contributed by atoms with E-state index in [4.69, 9.17) is 14.2 Å². The van der Waals surface area contributed by atoms with E-state index in [9.17, 15) is 9.59 Å². The van der Waals surface area contributed by atoms with Gasteiger partial charge < -0.3 is 24.0 Å². The van der Waals surface area contributed by atoms with Crippen molar-refractivity contribution in [3.8, 4) is 11.5 Å². The molecule has 0 aromatic heterocycles. The molecule has 0 aliphatic carbocycles. The minimum absolute atomic E-state index is 0.137. The van der Waals surface area contributed by atoms with E-state index in [-0.39, 0.29) is 24.7 Å². The van der Waals surface area contributed by atoms with Crippen LogP contribution in [-0.2, 0) is 16.1 Å². The van der Waals surface area contributed by atoms with Crippen LogP contribution in [0.1, 0.15) is 39.2 Å². The van der Waals surface area contributed by atoms with Crippen LogP contribution in [0.3, 0.4) is 0 Å². The average Bonchev–Trinajstić information content (AvgIpc) is 3.20. The molecule has 0 bridgehead atoms. The monoisotopic (exact) mass is 431 g/mol. The molecule has 4 rings (SSSR count). The summed E-state index contributed by atoms with van der Waals surface area (Å²) in [5.74, 6) is 1.63. The quantitative estimate of drug-likeness (QED) is 0.733. The van der Waals surface area contributed by atoms with Crippen molar-refractivity contribution >= 4 is 12.0 Å². The van der Waals surface area contributed by atoms with Gasteiger partial charge in [0.25, 0.3) is 0 Å². The third-order valence-electron chi connectivity index (χ3n) is 5.95. The van der Waals surface area contributed by atoms with Gasteiger partial charge in [0, 0.05) is 45.8 Å². The van der Waals surface area contributed by atoms with Gasteiger partial charge in [0.1, 0.15) is 5.60 Å². The van der Waals surface area contributed by atoms with Crippen LogP contribution in [0, 0.1) is 5.92 Å². The summed E-state index contributed by atoms with van der Waals surface area (Å²) in [5.41, 5.74) is 0.659. The SMILES string of the molecule is CC(C)(C)OC(=O)N1CCC[C@@H](C(=O)N2CCN(Cc3ccc4c(c3)OCO4)CC2)C1. The first kappa shape index (κ1) is 21.7. The molecule has 31 heavy (non-hydrogen) atoms. The minimum atomic E-state index is -0.525. The molecule has 1 aromatic rings. The van der Waals surface area contributed by atoms with E-state index in [0.717, 1.165) is 44.0 Å². The lowest BCUT2D eigenvalue weighted by molar-refractivity contribution is -0.139. The van der Waals surface area contributed by atoms with Crippen LogP contribution in [0.4, 0.5) is 4.79 Å². The van der Waals surface area contributed by atoms with Crippen molar-refractivity contribution in [2.45, 2.75) is 45.8 Å². The summed E-state index contributed by atoms with van der Waals surface area (Å²) < 4.78 is 16.3. The van der Waals surface area contributed by atoms with E-state index in [2.05, 4.69) is 11.0 Å². The lowest BCUT2D eigenvalue weighted by Crippen LogP contribution is -2.53. The van der Waals surface area contributed by atoms with Gasteiger partial charge in [-0.25, -0.2) is 4.79 Å². The van der Waals surface area contributed by atoms with Gasteiger partial charge in [-0.05, 0) is 51.3 Å². The van der Waals surface area contributed by atoms with Crippen LogP contribution >= 0.6 is 0 Å². The zero-order valence-corrected chi connectivity index (χ0v) is 18.8. The van der Waals surface area contributed by atoms with Gasteiger partial charge in [-0.2, -0.15) is 0 Å². The third-order valence-corrected chi connectivity index (χ3v) is 5.95. The van der Waals surface area contributed by atoms with Crippen LogP contribution < -0.4 is 9.47 Å². The van der Waals surface area contributed by atoms with Gasteiger partial charge in [0.05, 0.1) is 5.92 Å². The summed E-state index contributed by atoms with van der Waals surface area (Å²) in [6, 6.07) is 6.06. The Morgan fingerprint density at radius 2 is 1.77 bits per heavy atom. The number of piperidine rings is 1. The molecule has 3 aliphatic rings. The number of benzene rings is 1. The molecule has 3 aliphatic heterocycles. The largest absolute Gasteiger partial charge is 0.454 e. The van der Waals surface area contributed by atoms with Crippen LogP contribution in [0.25, 0.3) is 0 Å². The van der Waals surface area contributed by atoms with E-state index in [1.165, 1.54) is 5.56 Å². The fraction of sp³-hybridized carbons (Fsp3) is 0.652. The molecule has 8 heteroatoms. The van der Waals surface area contributed by atoms with Crippen molar-refractivity contribution in [2.24, 2.45) is 5.92 Å². The van der Waals surface area contributed by atoms with E-state index >= 15 is 0 Å². The van der Waals surface area contributed by atoms with Crippen LogP contribution in [-0.4, -0.2) is 78.4 Å². The highest BCUT2D eigenvalue weighted by Gasteiger charge is 2.34. The second-order valence-corrected chi connectivity index (χ2v) is 9.55. The molecule has 0 saturated carbocycles. The number of piperazine rings is 1. The first-order valence-corrected chi connectivity index (χ1v) is 11.2. The molecule has 8 nitrogen and oxygen atoms in total. The molecule has 0 N–H and O–H groups in total. The molecular formula is C23H33N3O5. The van der Waals surface area contributed by atoms with Gasteiger partial charge in [0.2, 0.25) is 12.7 Å². The van der Waals surface area contributed by atoms with Crippen molar-refractivity contribution in [1.82, 2.24) is 14.7 Å². The maximum atomic E-state index is 13.1. The Hall–Kier alpha value is -2.48. The first-order valence-electron chi connectivity index (χ1n) is 11.2. The van der Waals surface area contributed by atoms with Gasteiger partial charge >= 0.3 is 6.09 Å². The average molecular weight is 432 g/mol. The van der Waals surface area contributed by atoms with E-state index in [1.807, 2.05) is 37.8 Å². The predicted molar refractivity (Wildman–Crippen MR) is 115 cm³/mol. The minimum Gasteiger partial charge on any atom is -0.454 e. The number of nitrogens with zero attached hydrogens (tertiary/aromatic N) is 3. The molecule has 1 aromatic carbocycles. The zero-order valence-electron chi connectivity index (χ0n) is 18.8. The number of carbonyl (C=O) groups is 2. The molecule has 0 spiro atoms. The first-order chi connectivity index (χ1) is 14.8. The van der Waals surface area contributed by atoms with Gasteiger partial charge in [0.15, 0.2) is 11.5 Å². The Kier molecular flexibility index (Phi) is 6.27. The lowest BCUT2D eigenvalue weighted by Gasteiger charge is -2.39. The predicted octanol–water partition coefficient (Wildman–Crippen LogP) is 2.71. The third kappa shape index (κ3) is 5.42. The number of ether oxygens (including phenoxy) is 3. The van der Waals surface area contributed by atoms with Crippen molar-refractivity contribution in [3.63, 3.8) is 0 Å². The summed E-state index contributed by atoms with van der Waals surface area (Å²) in [6.07, 6.45) is 1.34. The molecular weight excluding hydrogens is 398 g/mol. The summed E-state index contributed by atoms with van der Waals surface area (Å²) in [7, 11) is 0. The van der Waals surface area contributed by atoms with Crippen molar-refractivity contribution in [3.05, 3.63) is 23.8 Å². The van der Waals surface area contributed by atoms with E-state index in [1.54, 1.807) is 4.90 Å². The highest BCUT2D eigenvalue weighted by molar-refractivity contribution is 5.80. The van der Waals surface area contributed by atoms with Crippen molar-refractivity contribution < 1.29 is 23.8 Å². The van der Waals surface area contributed by atoms with Gasteiger partial charge in [-0.1, -0.05) is 6.07 Å². The number of likely N-dealkylation sites (tertiary alicyclic amines) is 1. The summed E-state index contributed by atoms with van der Waals surface area (Å²) >= 11 is 0. The molecule has 2 amide bonds. The Labute approximate surface area is 184 Å². The number of rotatable bonds is 3. The van der Waals surface area contributed by atoms with E-state index in [0.29, 0.717) is 26.2 Å². The Balaban J connectivity index is 1.26. The molecule has 170 valence electrons. The second-order valence-electron chi connectivity index (χ2n) is 9.55.